The molecule has 0 saturated carbocycles. The molecule has 7 aromatic carbocycles. The van der Waals surface area contributed by atoms with Crippen LogP contribution in [0.3, 0.4) is 0 Å². The first-order valence-corrected chi connectivity index (χ1v) is 14.9. The van der Waals surface area contributed by atoms with Gasteiger partial charge in [-0.25, -0.2) is 0 Å². The van der Waals surface area contributed by atoms with E-state index in [0.717, 1.165) is 5.69 Å². The van der Waals surface area contributed by atoms with Crippen LogP contribution < -0.4 is 26.2 Å². The molecule has 0 bridgehead atoms. The molecule has 0 radical (unpaired) electrons. The van der Waals surface area contributed by atoms with Crippen LogP contribution >= 0.6 is 0 Å². The van der Waals surface area contributed by atoms with Crippen LogP contribution in [0.25, 0.3) is 21.9 Å². The van der Waals surface area contributed by atoms with Crippen LogP contribution in [0.5, 0.6) is 0 Å². The zero-order valence-electron chi connectivity index (χ0n) is 23.6. The predicted octanol–water partition coefficient (Wildman–Crippen LogP) is 8.59. The van der Waals surface area contributed by atoms with Gasteiger partial charge in [0.05, 0.1) is 0 Å². The van der Waals surface area contributed by atoms with E-state index in [9.17, 15) is 0 Å². The van der Waals surface area contributed by atoms with E-state index in [0.29, 0.717) is 0 Å². The van der Waals surface area contributed by atoms with Crippen molar-refractivity contribution >= 4 is 68.0 Å². The average molecular weight is 546 g/mol. The van der Waals surface area contributed by atoms with Crippen LogP contribution in [0.2, 0.25) is 0 Å². The lowest BCUT2D eigenvalue weighted by molar-refractivity contribution is 1.25. The molecule has 43 heavy (non-hydrogen) atoms. The van der Waals surface area contributed by atoms with E-state index >= 15 is 0 Å². The Balaban J connectivity index is 1.29. The van der Waals surface area contributed by atoms with E-state index in [4.69, 9.17) is 0 Å². The van der Waals surface area contributed by atoms with Crippen molar-refractivity contribution in [1.82, 2.24) is 0 Å². The molecule has 7 aromatic rings. The maximum Gasteiger partial charge on any atom is 0.252 e. The van der Waals surface area contributed by atoms with E-state index in [1.807, 2.05) is 0 Å². The van der Waals surface area contributed by atoms with Gasteiger partial charge in [-0.1, -0.05) is 115 Å². The molecule has 2 nitrogen and oxygen atoms in total. The summed E-state index contributed by atoms with van der Waals surface area (Å²) in [6.07, 6.45) is 0. The molecule has 200 valence electrons. The second kappa shape index (κ2) is 9.50. The summed E-state index contributed by atoms with van der Waals surface area (Å²) in [5, 5.41) is 2.53. The Kier molecular flexibility index (Phi) is 5.33. The fourth-order valence-corrected chi connectivity index (χ4v) is 7.26. The van der Waals surface area contributed by atoms with Crippen LogP contribution in [0.1, 0.15) is 0 Å². The zero-order chi connectivity index (χ0) is 28.3. The fourth-order valence-electron chi connectivity index (χ4n) is 7.26. The first kappa shape index (κ1) is 24.1. The summed E-state index contributed by atoms with van der Waals surface area (Å²) in [5.74, 6) is 0. The normalized spacial score (nSPS) is 13.0. The molecule has 0 fully saturated rings. The van der Waals surface area contributed by atoms with Crippen molar-refractivity contribution in [1.29, 1.82) is 0 Å². The molecule has 0 aliphatic carbocycles. The lowest BCUT2D eigenvalue weighted by Gasteiger charge is -2.44. The lowest BCUT2D eigenvalue weighted by atomic mass is 9.33. The van der Waals surface area contributed by atoms with Crippen molar-refractivity contribution in [3.63, 3.8) is 0 Å². The molecule has 0 aromatic heterocycles. The van der Waals surface area contributed by atoms with Crippen molar-refractivity contribution in [2.45, 2.75) is 0 Å². The Labute approximate surface area is 252 Å². The fraction of sp³-hybridized carbons (Fsp3) is 0. The summed E-state index contributed by atoms with van der Waals surface area (Å²) in [7, 11) is 0. The van der Waals surface area contributed by atoms with Crippen LogP contribution in [-0.4, -0.2) is 6.71 Å². The van der Waals surface area contributed by atoms with Crippen molar-refractivity contribution < 1.29 is 0 Å². The molecule has 9 rings (SSSR count). The van der Waals surface area contributed by atoms with Gasteiger partial charge >= 0.3 is 0 Å². The second-order valence-electron chi connectivity index (χ2n) is 11.3. The molecule has 2 aliphatic rings. The van der Waals surface area contributed by atoms with E-state index in [-0.39, 0.29) is 6.71 Å². The van der Waals surface area contributed by atoms with Crippen molar-refractivity contribution in [2.75, 3.05) is 9.80 Å². The standard InChI is InChI=1S/C40H27BN2/c1-2-16-30(17-3-1)42-36-23-8-6-21-34(36)41-35-22-7-9-24-37(35)43(39-26-12-25-38(42)40(39)41)31-18-10-15-29(27-31)33-20-11-14-28-13-4-5-19-32(28)33/h1-27H. The minimum Gasteiger partial charge on any atom is -0.311 e. The van der Waals surface area contributed by atoms with Crippen molar-refractivity contribution in [3.05, 3.63) is 164 Å². The van der Waals surface area contributed by atoms with Crippen LogP contribution in [0.15, 0.2) is 164 Å². The molecule has 0 amide bonds. The van der Waals surface area contributed by atoms with Crippen LogP contribution in [-0.2, 0) is 0 Å². The highest BCUT2D eigenvalue weighted by Crippen LogP contribution is 2.44. The summed E-state index contributed by atoms with van der Waals surface area (Å²) in [6.45, 7) is 0.149. The predicted molar refractivity (Wildman–Crippen MR) is 183 cm³/mol. The van der Waals surface area contributed by atoms with E-state index in [1.54, 1.807) is 0 Å². The van der Waals surface area contributed by atoms with Gasteiger partial charge in [-0.05, 0) is 86.8 Å². The zero-order valence-corrected chi connectivity index (χ0v) is 23.6. The highest BCUT2D eigenvalue weighted by Gasteiger charge is 2.42. The number of para-hydroxylation sites is 3. The second-order valence-corrected chi connectivity index (χ2v) is 11.3. The Morgan fingerprint density at radius 1 is 0.395 bits per heavy atom. The minimum atomic E-state index is 0.149. The number of hydrogen-bond donors (Lipinski definition) is 0. The summed E-state index contributed by atoms with van der Waals surface area (Å²) in [4.78, 5) is 4.90. The van der Waals surface area contributed by atoms with Gasteiger partial charge in [0.1, 0.15) is 0 Å². The molecule has 0 saturated heterocycles. The van der Waals surface area contributed by atoms with Gasteiger partial charge in [0, 0.05) is 34.1 Å². The van der Waals surface area contributed by atoms with Gasteiger partial charge in [0.15, 0.2) is 0 Å². The molecular formula is C40H27BN2. The van der Waals surface area contributed by atoms with Crippen molar-refractivity contribution in [3.8, 4) is 11.1 Å². The number of hydrogen-bond acceptors (Lipinski definition) is 2. The topological polar surface area (TPSA) is 6.48 Å². The van der Waals surface area contributed by atoms with Gasteiger partial charge in [-0.15, -0.1) is 0 Å². The lowest BCUT2D eigenvalue weighted by Crippen LogP contribution is -2.61. The molecule has 2 aliphatic heterocycles. The molecule has 3 heteroatoms. The molecule has 0 spiro atoms. The average Bonchev–Trinajstić information content (AvgIpc) is 3.08. The minimum absolute atomic E-state index is 0.149. The summed E-state index contributed by atoms with van der Waals surface area (Å²) in [6, 6.07) is 59.7. The molecule has 2 heterocycles. The Bertz CT molecular complexity index is 2170. The number of benzene rings is 7. The number of anilines is 6. The van der Waals surface area contributed by atoms with E-state index < -0.39 is 0 Å². The Morgan fingerprint density at radius 2 is 0.930 bits per heavy atom. The summed E-state index contributed by atoms with van der Waals surface area (Å²) >= 11 is 0. The third-order valence-corrected chi connectivity index (χ3v) is 9.03. The SMILES string of the molecule is c1ccc(N2c3ccccc3B3c4ccccc4N(c4cccc(-c5cccc6ccccc56)c4)c4cccc2c43)cc1. The van der Waals surface area contributed by atoms with Gasteiger partial charge in [0.2, 0.25) is 0 Å². The highest BCUT2D eigenvalue weighted by atomic mass is 15.2. The third-order valence-electron chi connectivity index (χ3n) is 9.03. The van der Waals surface area contributed by atoms with Crippen LogP contribution in [0, 0.1) is 0 Å². The monoisotopic (exact) mass is 546 g/mol. The third kappa shape index (κ3) is 3.61. The largest absolute Gasteiger partial charge is 0.311 e. The summed E-state index contributed by atoms with van der Waals surface area (Å²) in [5.41, 5.74) is 13.8. The van der Waals surface area contributed by atoms with Gasteiger partial charge < -0.3 is 9.80 Å². The number of fused-ring (bicyclic) bond motifs is 5. The van der Waals surface area contributed by atoms with Crippen LogP contribution in [0.4, 0.5) is 34.1 Å². The molecule has 0 N–H and O–H groups in total. The maximum atomic E-state index is 2.47. The quantitative estimate of drug-likeness (QED) is 0.205. The number of rotatable bonds is 3. The van der Waals surface area contributed by atoms with Gasteiger partial charge in [-0.3, -0.25) is 0 Å². The molecule has 0 unspecified atom stereocenters. The smallest absolute Gasteiger partial charge is 0.252 e. The van der Waals surface area contributed by atoms with Gasteiger partial charge in [0.25, 0.3) is 6.71 Å². The highest BCUT2D eigenvalue weighted by molar-refractivity contribution is 7.00. The van der Waals surface area contributed by atoms with Gasteiger partial charge in [-0.2, -0.15) is 0 Å². The van der Waals surface area contributed by atoms with E-state index in [1.165, 1.54) is 66.7 Å². The number of nitrogens with zero attached hydrogens (tertiary/aromatic N) is 2. The molecule has 0 atom stereocenters. The van der Waals surface area contributed by atoms with Crippen molar-refractivity contribution in [2.24, 2.45) is 0 Å². The molecular weight excluding hydrogens is 519 g/mol. The first-order valence-electron chi connectivity index (χ1n) is 14.9. The Morgan fingerprint density at radius 3 is 1.70 bits per heavy atom. The maximum absolute atomic E-state index is 2.47. The Hall–Kier alpha value is -5.54. The first-order chi connectivity index (χ1) is 21.4. The van der Waals surface area contributed by atoms with E-state index in [2.05, 4.69) is 174 Å². The summed E-state index contributed by atoms with van der Waals surface area (Å²) < 4.78 is 0.